The van der Waals surface area contributed by atoms with E-state index >= 15 is 0 Å². The van der Waals surface area contributed by atoms with Crippen LogP contribution < -0.4 is 0 Å². The average molecular weight is 156 g/mol. The Morgan fingerprint density at radius 3 is 2.17 bits per heavy atom. The maximum Gasteiger partial charge on any atom is 0.138 e. The summed E-state index contributed by atoms with van der Waals surface area (Å²) in [6.45, 7) is 0. The highest BCUT2D eigenvalue weighted by molar-refractivity contribution is 5.47. The molecule has 0 aromatic carbocycles. The van der Waals surface area contributed by atoms with Crippen molar-refractivity contribution in [2.24, 2.45) is 7.05 Å². The molecule has 0 atom stereocenters. The van der Waals surface area contributed by atoms with Gasteiger partial charge in [0.15, 0.2) is 0 Å². The Morgan fingerprint density at radius 2 is 1.83 bits per heavy atom. The number of rotatable bonds is 0. The number of hydrogen-bond donors (Lipinski definition) is 0. The van der Waals surface area contributed by atoms with Gasteiger partial charge in [-0.2, -0.15) is 15.8 Å². The fourth-order valence-electron chi connectivity index (χ4n) is 0.931. The van der Waals surface area contributed by atoms with Crippen LogP contribution in [0.2, 0.25) is 0 Å². The summed E-state index contributed by atoms with van der Waals surface area (Å²) >= 11 is 0. The molecule has 1 aromatic heterocycles. The predicted octanol–water partition coefficient (Wildman–Crippen LogP) is 0.640. The molecule has 4 nitrogen and oxygen atoms in total. The summed E-state index contributed by atoms with van der Waals surface area (Å²) in [7, 11) is 1.58. The minimum Gasteiger partial charge on any atom is -0.326 e. The lowest BCUT2D eigenvalue weighted by molar-refractivity contribution is 0.889. The summed E-state index contributed by atoms with van der Waals surface area (Å²) in [5.74, 6) is 0. The number of aromatic nitrogens is 1. The van der Waals surface area contributed by atoms with Crippen molar-refractivity contribution in [2.45, 2.75) is 0 Å². The fourth-order valence-corrected chi connectivity index (χ4v) is 0.931. The summed E-state index contributed by atoms with van der Waals surface area (Å²) in [6.07, 6.45) is 0. The molecule has 1 aromatic rings. The van der Waals surface area contributed by atoms with Gasteiger partial charge in [0.2, 0.25) is 0 Å². The van der Waals surface area contributed by atoms with Gasteiger partial charge in [0.25, 0.3) is 0 Å². The Labute approximate surface area is 69.5 Å². The number of nitriles is 3. The maximum absolute atomic E-state index is 8.61. The number of nitrogens with zero attached hydrogens (tertiary/aromatic N) is 4. The van der Waals surface area contributed by atoms with Crippen molar-refractivity contribution in [3.63, 3.8) is 0 Å². The fraction of sp³-hybridized carbons (Fsp3) is 0.125. The second kappa shape index (κ2) is 2.78. The van der Waals surface area contributed by atoms with E-state index in [1.807, 2.05) is 18.2 Å². The molecule has 0 aliphatic carbocycles. The molecule has 4 heteroatoms. The first-order valence-corrected chi connectivity index (χ1v) is 3.14. The van der Waals surface area contributed by atoms with Gasteiger partial charge in [0.1, 0.15) is 29.6 Å². The van der Waals surface area contributed by atoms with Gasteiger partial charge in [-0.05, 0) is 6.07 Å². The molecular formula is C8H4N4. The molecule has 56 valence electrons. The molecule has 0 saturated heterocycles. The van der Waals surface area contributed by atoms with Crippen LogP contribution in [-0.4, -0.2) is 4.57 Å². The molecule has 12 heavy (non-hydrogen) atoms. The van der Waals surface area contributed by atoms with E-state index in [0.717, 1.165) is 0 Å². The van der Waals surface area contributed by atoms with Crippen molar-refractivity contribution in [2.75, 3.05) is 0 Å². The smallest absolute Gasteiger partial charge is 0.138 e. The van der Waals surface area contributed by atoms with Crippen LogP contribution in [0.1, 0.15) is 17.0 Å². The van der Waals surface area contributed by atoms with Gasteiger partial charge in [-0.15, -0.1) is 0 Å². The van der Waals surface area contributed by atoms with Crippen LogP contribution in [0.4, 0.5) is 0 Å². The van der Waals surface area contributed by atoms with Gasteiger partial charge >= 0.3 is 0 Å². The molecule has 0 aliphatic rings. The Hall–Kier alpha value is -2.25. The lowest BCUT2D eigenvalue weighted by Crippen LogP contribution is -1.94. The van der Waals surface area contributed by atoms with Crippen molar-refractivity contribution in [1.29, 1.82) is 15.8 Å². The molecule has 0 fully saturated rings. The first-order chi connectivity index (χ1) is 5.74. The lowest BCUT2D eigenvalue weighted by Gasteiger charge is -1.92. The van der Waals surface area contributed by atoms with Crippen LogP contribution >= 0.6 is 0 Å². The van der Waals surface area contributed by atoms with Gasteiger partial charge in [0, 0.05) is 7.05 Å². The highest BCUT2D eigenvalue weighted by Gasteiger charge is 2.10. The molecule has 0 radical (unpaired) electrons. The molecule has 0 amide bonds. The van der Waals surface area contributed by atoms with Crippen molar-refractivity contribution in [3.05, 3.63) is 23.0 Å². The highest BCUT2D eigenvalue weighted by Crippen LogP contribution is 2.11. The van der Waals surface area contributed by atoms with Gasteiger partial charge in [-0.1, -0.05) is 0 Å². The topological polar surface area (TPSA) is 76.3 Å². The lowest BCUT2D eigenvalue weighted by atomic mass is 10.3. The predicted molar refractivity (Wildman–Crippen MR) is 39.6 cm³/mol. The molecule has 0 spiro atoms. The third kappa shape index (κ3) is 0.905. The second-order valence-electron chi connectivity index (χ2n) is 2.19. The van der Waals surface area contributed by atoms with E-state index < -0.39 is 0 Å². The van der Waals surface area contributed by atoms with Crippen LogP contribution in [0, 0.1) is 34.0 Å². The Bertz CT molecular complexity index is 433. The molecular weight excluding hydrogens is 152 g/mol. The van der Waals surface area contributed by atoms with Gasteiger partial charge in [0.05, 0.1) is 5.56 Å². The van der Waals surface area contributed by atoms with Crippen LogP contribution in [-0.2, 0) is 7.05 Å². The zero-order valence-corrected chi connectivity index (χ0v) is 6.37. The largest absolute Gasteiger partial charge is 0.326 e. The van der Waals surface area contributed by atoms with E-state index in [1.54, 1.807) is 7.05 Å². The van der Waals surface area contributed by atoms with Crippen LogP contribution in [0.3, 0.4) is 0 Å². The van der Waals surface area contributed by atoms with Crippen LogP contribution in [0.25, 0.3) is 0 Å². The zero-order chi connectivity index (χ0) is 9.14. The van der Waals surface area contributed by atoms with Crippen molar-refractivity contribution in [3.8, 4) is 18.2 Å². The zero-order valence-electron chi connectivity index (χ0n) is 6.37. The minimum absolute atomic E-state index is 0.231. The van der Waals surface area contributed by atoms with Crippen molar-refractivity contribution >= 4 is 0 Å². The molecule has 0 aliphatic heterocycles. The first-order valence-electron chi connectivity index (χ1n) is 3.14. The summed E-state index contributed by atoms with van der Waals surface area (Å²) in [4.78, 5) is 0. The molecule has 0 saturated carbocycles. The Balaban J connectivity index is 3.51. The quantitative estimate of drug-likeness (QED) is 0.553. The van der Waals surface area contributed by atoms with E-state index in [0.29, 0.717) is 5.69 Å². The normalized spacial score (nSPS) is 8.17. The van der Waals surface area contributed by atoms with Crippen molar-refractivity contribution < 1.29 is 0 Å². The van der Waals surface area contributed by atoms with Crippen LogP contribution in [0.5, 0.6) is 0 Å². The van der Waals surface area contributed by atoms with E-state index in [9.17, 15) is 0 Å². The van der Waals surface area contributed by atoms with E-state index in [4.69, 9.17) is 15.8 Å². The Morgan fingerprint density at radius 1 is 1.17 bits per heavy atom. The van der Waals surface area contributed by atoms with E-state index in [1.165, 1.54) is 10.6 Å². The molecule has 1 heterocycles. The van der Waals surface area contributed by atoms with Crippen molar-refractivity contribution in [1.82, 2.24) is 4.57 Å². The summed E-state index contributed by atoms with van der Waals surface area (Å²) in [5.41, 5.74) is 0.800. The standard InChI is InChI=1S/C8H4N4/c1-12-7(4-10)2-6(3-9)8(12)5-11/h2H,1H3. The molecule has 0 bridgehead atoms. The SMILES string of the molecule is Cn1c(C#N)cc(C#N)c1C#N. The Kier molecular flexibility index (Phi) is 1.82. The van der Waals surface area contributed by atoms with E-state index in [-0.39, 0.29) is 11.3 Å². The minimum atomic E-state index is 0.231. The van der Waals surface area contributed by atoms with Gasteiger partial charge < -0.3 is 4.57 Å². The second-order valence-corrected chi connectivity index (χ2v) is 2.19. The van der Waals surface area contributed by atoms with Crippen LogP contribution in [0.15, 0.2) is 6.07 Å². The summed E-state index contributed by atoms with van der Waals surface area (Å²) in [6, 6.07) is 6.99. The monoisotopic (exact) mass is 156 g/mol. The highest BCUT2D eigenvalue weighted by atomic mass is 15.0. The average Bonchev–Trinajstić information content (AvgIpc) is 2.41. The van der Waals surface area contributed by atoms with Gasteiger partial charge in [-0.3, -0.25) is 0 Å². The summed E-state index contributed by atoms with van der Waals surface area (Å²) in [5, 5.41) is 25.7. The third-order valence-corrected chi connectivity index (χ3v) is 1.57. The maximum atomic E-state index is 8.61. The molecule has 1 rings (SSSR count). The van der Waals surface area contributed by atoms with E-state index in [2.05, 4.69) is 0 Å². The third-order valence-electron chi connectivity index (χ3n) is 1.57. The first kappa shape index (κ1) is 7.85. The number of hydrogen-bond acceptors (Lipinski definition) is 3. The van der Waals surface area contributed by atoms with Gasteiger partial charge in [-0.25, -0.2) is 0 Å². The summed E-state index contributed by atoms with van der Waals surface area (Å²) < 4.78 is 1.40. The molecule has 0 N–H and O–H groups in total. The molecule has 0 unspecified atom stereocenters.